The highest BCUT2D eigenvalue weighted by Crippen LogP contribution is 2.18. The van der Waals surface area contributed by atoms with Crippen molar-refractivity contribution in [1.82, 2.24) is 15.1 Å². The predicted octanol–water partition coefficient (Wildman–Crippen LogP) is 2.72. The maximum absolute atomic E-state index is 4.34. The van der Waals surface area contributed by atoms with Crippen molar-refractivity contribution in [3.63, 3.8) is 0 Å². The van der Waals surface area contributed by atoms with E-state index in [2.05, 4.69) is 41.6 Å². The molecular formula is C16H21N3. The summed E-state index contributed by atoms with van der Waals surface area (Å²) in [4.78, 5) is 0. The Morgan fingerprint density at radius 2 is 2.11 bits per heavy atom. The molecular weight excluding hydrogens is 234 g/mol. The second-order valence-electron chi connectivity index (χ2n) is 5.47. The van der Waals surface area contributed by atoms with Crippen LogP contribution >= 0.6 is 0 Å². The van der Waals surface area contributed by atoms with Gasteiger partial charge < -0.3 is 5.32 Å². The van der Waals surface area contributed by atoms with Gasteiger partial charge in [-0.3, -0.25) is 0 Å². The van der Waals surface area contributed by atoms with E-state index < -0.39 is 0 Å². The van der Waals surface area contributed by atoms with E-state index in [0.717, 1.165) is 11.6 Å². The molecule has 1 aliphatic rings. The van der Waals surface area contributed by atoms with Gasteiger partial charge in [0.05, 0.1) is 5.69 Å². The molecule has 0 saturated carbocycles. The van der Waals surface area contributed by atoms with Crippen LogP contribution in [0.25, 0.3) is 5.69 Å². The van der Waals surface area contributed by atoms with E-state index >= 15 is 0 Å². The van der Waals surface area contributed by atoms with E-state index in [-0.39, 0.29) is 0 Å². The third-order valence-corrected chi connectivity index (χ3v) is 3.94. The van der Waals surface area contributed by atoms with E-state index in [0.29, 0.717) is 0 Å². The lowest BCUT2D eigenvalue weighted by molar-refractivity contribution is 0.376. The van der Waals surface area contributed by atoms with Crippen molar-refractivity contribution < 1.29 is 0 Å². The van der Waals surface area contributed by atoms with Crippen molar-refractivity contribution in [2.45, 2.75) is 26.2 Å². The summed E-state index contributed by atoms with van der Waals surface area (Å²) < 4.78 is 1.98. The Bertz CT molecular complexity index is 521. The minimum atomic E-state index is 0.797. The van der Waals surface area contributed by atoms with Crippen LogP contribution in [-0.2, 0) is 6.42 Å². The molecule has 0 radical (unpaired) electrons. The Kier molecular flexibility index (Phi) is 3.65. The highest BCUT2D eigenvalue weighted by atomic mass is 15.3. The average Bonchev–Trinajstić information content (AvgIpc) is 2.87. The van der Waals surface area contributed by atoms with Gasteiger partial charge in [0.25, 0.3) is 0 Å². The lowest BCUT2D eigenvalue weighted by Crippen LogP contribution is -2.30. The maximum Gasteiger partial charge on any atom is 0.0648 e. The number of aryl methyl sites for hydroxylation is 1. The van der Waals surface area contributed by atoms with Crippen molar-refractivity contribution in [2.24, 2.45) is 5.92 Å². The van der Waals surface area contributed by atoms with E-state index in [1.165, 1.54) is 43.6 Å². The lowest BCUT2D eigenvalue weighted by atomic mass is 9.92. The van der Waals surface area contributed by atoms with Gasteiger partial charge in [0.2, 0.25) is 0 Å². The third kappa shape index (κ3) is 2.87. The standard InChI is InChI=1S/C16H21N3/c1-13-8-10-18-19(13)16-6-4-14(5-7-16)11-15-3-2-9-17-12-15/h4-8,10,15,17H,2-3,9,11-12H2,1H3. The first-order valence-electron chi connectivity index (χ1n) is 7.13. The summed E-state index contributed by atoms with van der Waals surface area (Å²) >= 11 is 0. The molecule has 0 bridgehead atoms. The van der Waals surface area contributed by atoms with Crippen LogP contribution in [0.3, 0.4) is 0 Å². The predicted molar refractivity (Wildman–Crippen MR) is 77.6 cm³/mol. The van der Waals surface area contributed by atoms with Gasteiger partial charge in [-0.15, -0.1) is 0 Å². The summed E-state index contributed by atoms with van der Waals surface area (Å²) in [5.41, 5.74) is 3.75. The number of nitrogens with one attached hydrogen (secondary N) is 1. The van der Waals surface area contributed by atoms with Gasteiger partial charge in [-0.05, 0) is 69.0 Å². The van der Waals surface area contributed by atoms with Gasteiger partial charge in [-0.1, -0.05) is 12.1 Å². The van der Waals surface area contributed by atoms with Crippen LogP contribution in [0, 0.1) is 12.8 Å². The fourth-order valence-electron chi connectivity index (χ4n) is 2.84. The van der Waals surface area contributed by atoms with Gasteiger partial charge in [0.1, 0.15) is 0 Å². The zero-order chi connectivity index (χ0) is 13.1. The molecule has 1 aromatic carbocycles. The monoisotopic (exact) mass is 255 g/mol. The summed E-state index contributed by atoms with van der Waals surface area (Å²) in [6.45, 7) is 4.43. The first-order valence-corrected chi connectivity index (χ1v) is 7.13. The maximum atomic E-state index is 4.34. The van der Waals surface area contributed by atoms with Gasteiger partial charge >= 0.3 is 0 Å². The van der Waals surface area contributed by atoms with Crippen molar-refractivity contribution >= 4 is 0 Å². The van der Waals surface area contributed by atoms with Gasteiger partial charge in [0.15, 0.2) is 0 Å². The molecule has 0 spiro atoms. The Balaban J connectivity index is 1.70. The number of hydrogen-bond acceptors (Lipinski definition) is 2. The largest absolute Gasteiger partial charge is 0.316 e. The van der Waals surface area contributed by atoms with Crippen LogP contribution in [0.2, 0.25) is 0 Å². The van der Waals surface area contributed by atoms with E-state index in [1.54, 1.807) is 0 Å². The average molecular weight is 255 g/mol. The quantitative estimate of drug-likeness (QED) is 0.914. The van der Waals surface area contributed by atoms with Gasteiger partial charge in [0, 0.05) is 11.9 Å². The van der Waals surface area contributed by atoms with E-state index in [9.17, 15) is 0 Å². The number of benzene rings is 1. The molecule has 0 amide bonds. The summed E-state index contributed by atoms with van der Waals surface area (Å²) in [7, 11) is 0. The molecule has 1 fully saturated rings. The Labute approximate surface area is 114 Å². The Hall–Kier alpha value is -1.61. The second-order valence-corrected chi connectivity index (χ2v) is 5.47. The van der Waals surface area contributed by atoms with Crippen LogP contribution in [0.1, 0.15) is 24.1 Å². The fourth-order valence-corrected chi connectivity index (χ4v) is 2.84. The van der Waals surface area contributed by atoms with E-state index in [4.69, 9.17) is 0 Å². The zero-order valence-electron chi connectivity index (χ0n) is 11.5. The van der Waals surface area contributed by atoms with Crippen LogP contribution in [0.5, 0.6) is 0 Å². The summed E-state index contributed by atoms with van der Waals surface area (Å²) in [6.07, 6.45) is 5.70. The molecule has 2 aromatic rings. The van der Waals surface area contributed by atoms with Crippen molar-refractivity contribution in [2.75, 3.05) is 13.1 Å². The Morgan fingerprint density at radius 1 is 1.26 bits per heavy atom. The van der Waals surface area contributed by atoms with Crippen LogP contribution in [-0.4, -0.2) is 22.9 Å². The highest BCUT2D eigenvalue weighted by Gasteiger charge is 2.13. The van der Waals surface area contributed by atoms with Crippen LogP contribution < -0.4 is 5.32 Å². The van der Waals surface area contributed by atoms with Crippen LogP contribution in [0.15, 0.2) is 36.5 Å². The zero-order valence-corrected chi connectivity index (χ0v) is 11.5. The topological polar surface area (TPSA) is 29.9 Å². The van der Waals surface area contributed by atoms with E-state index in [1.807, 2.05) is 16.9 Å². The van der Waals surface area contributed by atoms with Crippen molar-refractivity contribution in [1.29, 1.82) is 0 Å². The molecule has 1 N–H and O–H groups in total. The van der Waals surface area contributed by atoms with Gasteiger partial charge in [-0.2, -0.15) is 5.10 Å². The fraction of sp³-hybridized carbons (Fsp3) is 0.438. The minimum absolute atomic E-state index is 0.797. The molecule has 1 atom stereocenters. The van der Waals surface area contributed by atoms with Crippen molar-refractivity contribution in [3.8, 4) is 5.69 Å². The molecule has 3 nitrogen and oxygen atoms in total. The normalized spacial score (nSPS) is 19.5. The van der Waals surface area contributed by atoms with Crippen molar-refractivity contribution in [3.05, 3.63) is 47.8 Å². The summed E-state index contributed by atoms with van der Waals surface area (Å²) in [6, 6.07) is 10.9. The lowest BCUT2D eigenvalue weighted by Gasteiger charge is -2.22. The smallest absolute Gasteiger partial charge is 0.0648 e. The number of aromatic nitrogens is 2. The molecule has 1 aromatic heterocycles. The SMILES string of the molecule is Cc1ccnn1-c1ccc(CC2CCCNC2)cc1. The minimum Gasteiger partial charge on any atom is -0.316 e. The number of nitrogens with zero attached hydrogens (tertiary/aromatic N) is 2. The number of hydrogen-bond donors (Lipinski definition) is 1. The molecule has 1 aliphatic heterocycles. The molecule has 1 saturated heterocycles. The molecule has 0 aliphatic carbocycles. The Morgan fingerprint density at radius 3 is 2.74 bits per heavy atom. The first kappa shape index (κ1) is 12.4. The number of piperidine rings is 1. The molecule has 100 valence electrons. The summed E-state index contributed by atoms with van der Waals surface area (Å²) in [5, 5.41) is 7.82. The third-order valence-electron chi connectivity index (χ3n) is 3.94. The number of rotatable bonds is 3. The highest BCUT2D eigenvalue weighted by molar-refractivity contribution is 5.35. The second kappa shape index (κ2) is 5.57. The molecule has 1 unspecified atom stereocenters. The summed E-state index contributed by atoms with van der Waals surface area (Å²) in [5.74, 6) is 0.797. The van der Waals surface area contributed by atoms with Crippen LogP contribution in [0.4, 0.5) is 0 Å². The molecule has 3 rings (SSSR count). The molecule has 19 heavy (non-hydrogen) atoms. The van der Waals surface area contributed by atoms with Gasteiger partial charge in [-0.25, -0.2) is 4.68 Å². The molecule has 2 heterocycles. The molecule has 3 heteroatoms. The first-order chi connectivity index (χ1) is 9.33.